The van der Waals surface area contributed by atoms with Crippen LogP contribution in [0.5, 0.6) is 0 Å². The number of piperazine rings is 1. The predicted octanol–water partition coefficient (Wildman–Crippen LogP) is 1.49. The molecular formula is C13H20N4O2. The predicted molar refractivity (Wildman–Crippen MR) is 75.5 cm³/mol. The van der Waals surface area contributed by atoms with Crippen LogP contribution in [0.3, 0.4) is 0 Å². The van der Waals surface area contributed by atoms with Crippen LogP contribution in [-0.4, -0.2) is 45.2 Å². The van der Waals surface area contributed by atoms with E-state index in [0.717, 1.165) is 37.4 Å². The zero-order valence-corrected chi connectivity index (χ0v) is 11.4. The summed E-state index contributed by atoms with van der Waals surface area (Å²) in [6, 6.07) is 5.69. The van der Waals surface area contributed by atoms with E-state index < -0.39 is 0 Å². The molecule has 1 aliphatic rings. The van der Waals surface area contributed by atoms with Gasteiger partial charge in [-0.2, -0.15) is 0 Å². The molecule has 0 atom stereocenters. The number of hydrogen-bond donors (Lipinski definition) is 1. The van der Waals surface area contributed by atoms with E-state index in [-0.39, 0.29) is 0 Å². The lowest BCUT2D eigenvalue weighted by atomic mass is 10.1. The number of nitroso groups, excluding NO2 is 1. The molecule has 1 heterocycles. The van der Waals surface area contributed by atoms with Crippen molar-refractivity contribution in [1.82, 2.24) is 10.4 Å². The Morgan fingerprint density at radius 3 is 2.68 bits per heavy atom. The zero-order chi connectivity index (χ0) is 13.7. The summed E-state index contributed by atoms with van der Waals surface area (Å²) in [5.74, 6) is 0. The second-order valence-electron chi connectivity index (χ2n) is 4.69. The number of hydrogen-bond acceptors (Lipinski definition) is 6. The molecule has 1 saturated heterocycles. The summed E-state index contributed by atoms with van der Waals surface area (Å²) < 4.78 is 0. The van der Waals surface area contributed by atoms with Gasteiger partial charge in [0.15, 0.2) is 0 Å². The van der Waals surface area contributed by atoms with E-state index in [1.807, 2.05) is 12.1 Å². The monoisotopic (exact) mass is 264 g/mol. The molecule has 0 amide bonds. The lowest BCUT2D eigenvalue weighted by molar-refractivity contribution is 0.0447. The highest BCUT2D eigenvalue weighted by Gasteiger charge is 2.15. The third kappa shape index (κ3) is 3.50. The first-order valence-electron chi connectivity index (χ1n) is 6.43. The second kappa shape index (κ2) is 6.60. The van der Waals surface area contributed by atoms with E-state index in [4.69, 9.17) is 4.84 Å². The van der Waals surface area contributed by atoms with Crippen molar-refractivity contribution < 1.29 is 4.84 Å². The van der Waals surface area contributed by atoms with Gasteiger partial charge in [-0.15, -0.1) is 4.91 Å². The maximum Gasteiger partial charge on any atom is 0.113 e. The third-order valence-electron chi connectivity index (χ3n) is 3.40. The maximum atomic E-state index is 10.8. The molecule has 19 heavy (non-hydrogen) atoms. The molecule has 0 unspecified atom stereocenters. The van der Waals surface area contributed by atoms with Crippen LogP contribution in [-0.2, 0) is 11.4 Å². The first-order valence-corrected chi connectivity index (χ1v) is 6.43. The average Bonchev–Trinajstić information content (AvgIpc) is 2.45. The minimum Gasteiger partial charge on any atom is -0.369 e. The first-order chi connectivity index (χ1) is 9.24. The smallest absolute Gasteiger partial charge is 0.113 e. The summed E-state index contributed by atoms with van der Waals surface area (Å²) in [7, 11) is 3.82. The van der Waals surface area contributed by atoms with E-state index in [2.05, 4.69) is 27.5 Å². The highest BCUT2D eigenvalue weighted by atomic mass is 16.6. The van der Waals surface area contributed by atoms with E-state index in [1.165, 1.54) is 0 Å². The third-order valence-corrected chi connectivity index (χ3v) is 3.40. The van der Waals surface area contributed by atoms with Gasteiger partial charge >= 0.3 is 0 Å². The fourth-order valence-electron chi connectivity index (χ4n) is 2.19. The molecule has 0 aromatic heterocycles. The van der Waals surface area contributed by atoms with Crippen LogP contribution in [0, 0.1) is 4.91 Å². The van der Waals surface area contributed by atoms with Crippen molar-refractivity contribution in [2.45, 2.75) is 6.61 Å². The molecule has 0 aliphatic carbocycles. The lowest BCUT2D eigenvalue weighted by Crippen LogP contribution is -2.44. The Kier molecular flexibility index (Phi) is 4.84. The summed E-state index contributed by atoms with van der Waals surface area (Å²) in [4.78, 5) is 20.5. The van der Waals surface area contributed by atoms with Gasteiger partial charge in [0.2, 0.25) is 0 Å². The molecule has 6 nitrogen and oxygen atoms in total. The summed E-state index contributed by atoms with van der Waals surface area (Å²) in [6.07, 6.45) is 0. The van der Waals surface area contributed by atoms with E-state index >= 15 is 0 Å². The van der Waals surface area contributed by atoms with Crippen molar-refractivity contribution in [2.24, 2.45) is 5.18 Å². The van der Waals surface area contributed by atoms with Gasteiger partial charge in [-0.25, -0.2) is 5.48 Å². The summed E-state index contributed by atoms with van der Waals surface area (Å²) in [5, 5.41) is 3.04. The Hall–Kier alpha value is -1.50. The summed E-state index contributed by atoms with van der Waals surface area (Å²) >= 11 is 0. The van der Waals surface area contributed by atoms with Crippen LogP contribution < -0.4 is 10.4 Å². The molecule has 1 aromatic rings. The van der Waals surface area contributed by atoms with Crippen LogP contribution in [0.25, 0.3) is 0 Å². The molecule has 0 radical (unpaired) electrons. The molecule has 104 valence electrons. The molecular weight excluding hydrogens is 244 g/mol. The molecule has 0 saturated carbocycles. The number of likely N-dealkylation sites (N-methyl/N-ethyl adjacent to an activating group) is 1. The fraction of sp³-hybridized carbons (Fsp3) is 0.538. The molecule has 2 rings (SSSR count). The standard InChI is InChI=1S/C13H20N4O2/c1-14-19-10-11-9-12(3-4-13(11)15-18)17-7-5-16(2)6-8-17/h3-4,9,14H,5-8,10H2,1-2H3. The van der Waals surface area contributed by atoms with Crippen LogP contribution in [0.15, 0.2) is 23.4 Å². The quantitative estimate of drug-likeness (QED) is 0.645. The van der Waals surface area contributed by atoms with Crippen LogP contribution in [0.4, 0.5) is 11.4 Å². The number of nitrogens with one attached hydrogen (secondary N) is 1. The van der Waals surface area contributed by atoms with Gasteiger partial charge in [0, 0.05) is 44.5 Å². The zero-order valence-electron chi connectivity index (χ0n) is 11.4. The minimum atomic E-state index is 0.332. The SMILES string of the molecule is CNOCc1cc(N2CCN(C)CC2)ccc1N=O. The topological polar surface area (TPSA) is 57.2 Å². The van der Waals surface area contributed by atoms with Gasteiger partial charge in [0.05, 0.1) is 6.61 Å². The van der Waals surface area contributed by atoms with Crippen LogP contribution >= 0.6 is 0 Å². The second-order valence-corrected chi connectivity index (χ2v) is 4.69. The normalized spacial score (nSPS) is 16.6. The summed E-state index contributed by atoms with van der Waals surface area (Å²) in [6.45, 7) is 4.43. The van der Waals surface area contributed by atoms with Gasteiger partial charge in [-0.05, 0) is 30.4 Å². The molecule has 1 N–H and O–H groups in total. The lowest BCUT2D eigenvalue weighted by Gasteiger charge is -2.34. The summed E-state index contributed by atoms with van der Waals surface area (Å²) in [5.41, 5.74) is 4.97. The molecule has 1 aromatic carbocycles. The molecule has 0 spiro atoms. The fourth-order valence-corrected chi connectivity index (χ4v) is 2.19. The van der Waals surface area contributed by atoms with Crippen molar-refractivity contribution >= 4 is 11.4 Å². The highest BCUT2D eigenvalue weighted by molar-refractivity contribution is 5.58. The number of nitrogens with zero attached hydrogens (tertiary/aromatic N) is 3. The van der Waals surface area contributed by atoms with Gasteiger partial charge in [-0.1, -0.05) is 0 Å². The maximum absolute atomic E-state index is 10.8. The van der Waals surface area contributed by atoms with E-state index in [9.17, 15) is 4.91 Å². The Bertz CT molecular complexity index is 431. The molecule has 1 fully saturated rings. The van der Waals surface area contributed by atoms with E-state index in [0.29, 0.717) is 12.3 Å². The van der Waals surface area contributed by atoms with Crippen molar-refractivity contribution in [3.05, 3.63) is 28.7 Å². The van der Waals surface area contributed by atoms with Gasteiger partial charge in [-0.3, -0.25) is 4.84 Å². The largest absolute Gasteiger partial charge is 0.369 e. The van der Waals surface area contributed by atoms with Crippen molar-refractivity contribution in [3.8, 4) is 0 Å². The molecule has 0 bridgehead atoms. The Morgan fingerprint density at radius 1 is 1.32 bits per heavy atom. The van der Waals surface area contributed by atoms with Crippen molar-refractivity contribution in [3.63, 3.8) is 0 Å². The number of benzene rings is 1. The number of anilines is 1. The van der Waals surface area contributed by atoms with E-state index in [1.54, 1.807) is 13.1 Å². The highest BCUT2D eigenvalue weighted by Crippen LogP contribution is 2.26. The van der Waals surface area contributed by atoms with Crippen molar-refractivity contribution in [1.29, 1.82) is 0 Å². The number of rotatable bonds is 5. The first kappa shape index (κ1) is 13.9. The van der Waals surface area contributed by atoms with Crippen LogP contribution in [0.1, 0.15) is 5.56 Å². The Morgan fingerprint density at radius 2 is 2.05 bits per heavy atom. The van der Waals surface area contributed by atoms with Crippen molar-refractivity contribution in [2.75, 3.05) is 45.2 Å². The van der Waals surface area contributed by atoms with Gasteiger partial charge < -0.3 is 9.80 Å². The average molecular weight is 264 g/mol. The number of hydroxylamine groups is 1. The Balaban J connectivity index is 2.14. The Labute approximate surface area is 113 Å². The van der Waals surface area contributed by atoms with Crippen LogP contribution in [0.2, 0.25) is 0 Å². The minimum absolute atomic E-state index is 0.332. The molecule has 1 aliphatic heterocycles. The van der Waals surface area contributed by atoms with Gasteiger partial charge in [0.1, 0.15) is 5.69 Å². The van der Waals surface area contributed by atoms with Gasteiger partial charge in [0.25, 0.3) is 0 Å². The molecule has 6 heteroatoms.